The smallest absolute Gasteiger partial charge is 0.306 e. The van der Waals surface area contributed by atoms with Gasteiger partial charge in [-0.3, -0.25) is 23.9 Å². The van der Waals surface area contributed by atoms with Gasteiger partial charge in [0.2, 0.25) is 21.8 Å². The molecule has 7 rings (SSSR count). The van der Waals surface area contributed by atoms with Crippen LogP contribution in [0.5, 0.6) is 11.5 Å². The molecular formula is C44H59N3O9S. The highest BCUT2D eigenvalue weighted by molar-refractivity contribution is 7.91. The van der Waals surface area contributed by atoms with Crippen LogP contribution in [0.2, 0.25) is 0 Å². The van der Waals surface area contributed by atoms with Gasteiger partial charge in [-0.2, -0.15) is 0 Å². The van der Waals surface area contributed by atoms with Gasteiger partial charge in [0.15, 0.2) is 5.78 Å². The van der Waals surface area contributed by atoms with Crippen molar-refractivity contribution >= 4 is 44.5 Å². The first-order valence-corrected chi connectivity index (χ1v) is 22.5. The van der Waals surface area contributed by atoms with E-state index in [0.717, 1.165) is 41.4 Å². The Morgan fingerprint density at radius 1 is 1.09 bits per heavy atom. The summed E-state index contributed by atoms with van der Waals surface area (Å²) in [6.07, 6.45) is 10.2. The molecule has 1 N–H and O–H groups in total. The molecule has 3 fully saturated rings. The predicted octanol–water partition coefficient (Wildman–Crippen LogP) is 6.55. The molecule has 5 aliphatic rings. The van der Waals surface area contributed by atoms with Gasteiger partial charge in [-0.25, -0.2) is 13.4 Å². The summed E-state index contributed by atoms with van der Waals surface area (Å²) < 4.78 is 46.3. The Balaban J connectivity index is 1.24. The number of carbonyl (C=O) groups excluding carboxylic acids is 4. The number of nitrogens with one attached hydrogen (secondary N) is 1. The summed E-state index contributed by atoms with van der Waals surface area (Å²) >= 11 is 0. The lowest BCUT2D eigenvalue weighted by Crippen LogP contribution is -2.48. The molecule has 6 atom stereocenters. The highest BCUT2D eigenvalue weighted by atomic mass is 32.2. The van der Waals surface area contributed by atoms with Crippen LogP contribution in [0.3, 0.4) is 0 Å². The van der Waals surface area contributed by atoms with Crippen molar-refractivity contribution in [2.45, 2.75) is 147 Å². The maximum Gasteiger partial charge on any atom is 0.306 e. The molecule has 2 saturated carbocycles. The molecule has 13 heteroatoms. The fourth-order valence-electron chi connectivity index (χ4n) is 9.01. The van der Waals surface area contributed by atoms with Crippen LogP contribution in [0.25, 0.3) is 10.9 Å². The number of Topliss-reactive ketones (excluding diaryl/α,β-unsaturated/α-hetero) is 1. The first-order chi connectivity index (χ1) is 27.0. The second kappa shape index (κ2) is 15.6. The van der Waals surface area contributed by atoms with Gasteiger partial charge in [0.1, 0.15) is 23.2 Å². The first-order valence-electron chi connectivity index (χ1n) is 21.0. The van der Waals surface area contributed by atoms with Crippen molar-refractivity contribution < 1.29 is 41.8 Å². The molecule has 310 valence electrons. The number of hydrogen-bond acceptors (Lipinski definition) is 10. The molecule has 1 aromatic carbocycles. The third-order valence-corrected chi connectivity index (χ3v) is 15.7. The minimum atomic E-state index is -3.94. The number of esters is 1. The Bertz CT molecular complexity index is 2080. The van der Waals surface area contributed by atoms with E-state index in [9.17, 15) is 27.6 Å². The van der Waals surface area contributed by atoms with Crippen molar-refractivity contribution in [3.63, 3.8) is 0 Å². The first kappa shape index (κ1) is 41.2. The number of pyridine rings is 1. The van der Waals surface area contributed by atoms with Gasteiger partial charge in [0.25, 0.3) is 0 Å². The lowest BCUT2D eigenvalue weighted by molar-refractivity contribution is -0.155. The van der Waals surface area contributed by atoms with Gasteiger partial charge >= 0.3 is 5.97 Å². The summed E-state index contributed by atoms with van der Waals surface area (Å²) in [5.41, 5.74) is 0.469. The minimum absolute atomic E-state index is 0.104. The number of carbonyl (C=O) groups is 4. The largest absolute Gasteiger partial charge is 0.497 e. The predicted molar refractivity (Wildman–Crippen MR) is 215 cm³/mol. The van der Waals surface area contributed by atoms with Crippen LogP contribution >= 0.6 is 0 Å². The maximum atomic E-state index is 14.9. The van der Waals surface area contributed by atoms with Crippen molar-refractivity contribution in [2.24, 2.45) is 23.2 Å². The number of hydrogen-bond donors (Lipinski definition) is 1. The number of rotatable bonds is 9. The van der Waals surface area contributed by atoms with Gasteiger partial charge in [0, 0.05) is 29.7 Å². The molecule has 3 aliphatic heterocycles. The van der Waals surface area contributed by atoms with E-state index >= 15 is 0 Å². The zero-order chi connectivity index (χ0) is 40.9. The zero-order valence-electron chi connectivity index (χ0n) is 34.4. The summed E-state index contributed by atoms with van der Waals surface area (Å²) in [4.78, 5) is 63.8. The number of sulfonamides is 1. The average molecular weight is 806 g/mol. The highest BCUT2D eigenvalue weighted by Gasteiger charge is 2.63. The van der Waals surface area contributed by atoms with Gasteiger partial charge in [-0.05, 0) is 102 Å². The molecule has 2 amide bonds. The summed E-state index contributed by atoms with van der Waals surface area (Å²) in [7, 11) is -2.32. The Hall–Kier alpha value is -4.00. The number of methoxy groups -OCH3 is 1. The number of allylic oxidation sites excluding steroid dienone is 2. The van der Waals surface area contributed by atoms with Crippen LogP contribution < -0.4 is 14.2 Å². The molecule has 0 bridgehead atoms. The molecule has 4 heterocycles. The fourth-order valence-corrected chi connectivity index (χ4v) is 10.3. The van der Waals surface area contributed by atoms with Crippen molar-refractivity contribution in [3.8, 4) is 11.5 Å². The summed E-state index contributed by atoms with van der Waals surface area (Å²) in [6, 6.07) is 4.85. The Morgan fingerprint density at radius 3 is 2.56 bits per heavy atom. The number of benzene rings is 1. The molecule has 0 unspecified atom stereocenters. The molecule has 2 aromatic rings. The van der Waals surface area contributed by atoms with Crippen LogP contribution in [0.15, 0.2) is 30.4 Å². The second-order valence-corrected chi connectivity index (χ2v) is 20.2. The third-order valence-electron chi connectivity index (χ3n) is 13.6. The Labute approximate surface area is 336 Å². The number of aromatic nitrogens is 1. The number of fused-ring (bicyclic) bond motifs is 5. The topological polar surface area (TPSA) is 158 Å². The summed E-state index contributed by atoms with van der Waals surface area (Å²) in [5.74, 6) is -1.25. The Kier molecular flexibility index (Phi) is 11.3. The van der Waals surface area contributed by atoms with Crippen molar-refractivity contribution in [3.05, 3.63) is 41.6 Å². The van der Waals surface area contributed by atoms with E-state index in [1.54, 1.807) is 18.9 Å². The average Bonchev–Trinajstić information content (AvgIpc) is 4.07. The lowest BCUT2D eigenvalue weighted by atomic mass is 9.85. The van der Waals surface area contributed by atoms with Gasteiger partial charge in [0.05, 0.1) is 47.5 Å². The van der Waals surface area contributed by atoms with Crippen molar-refractivity contribution in [2.75, 3.05) is 13.7 Å². The summed E-state index contributed by atoms with van der Waals surface area (Å²) in [6.45, 7) is 9.57. The lowest BCUT2D eigenvalue weighted by Gasteiger charge is -2.37. The zero-order valence-corrected chi connectivity index (χ0v) is 35.2. The molecule has 57 heavy (non-hydrogen) atoms. The van der Waals surface area contributed by atoms with Gasteiger partial charge < -0.3 is 19.1 Å². The second-order valence-electron chi connectivity index (χ2n) is 18.0. The van der Waals surface area contributed by atoms with E-state index in [-0.39, 0.29) is 55.4 Å². The molecular weight excluding hydrogens is 747 g/mol. The molecule has 1 saturated heterocycles. The number of ketones is 1. The molecule has 12 nitrogen and oxygen atoms in total. The van der Waals surface area contributed by atoms with Gasteiger partial charge in [-0.15, -0.1) is 0 Å². The van der Waals surface area contributed by atoms with Crippen LogP contribution in [0.1, 0.15) is 123 Å². The fraction of sp³-hybridized carbons (Fsp3) is 0.659. The molecule has 2 aliphatic carbocycles. The minimum Gasteiger partial charge on any atom is -0.497 e. The van der Waals surface area contributed by atoms with Gasteiger partial charge in [-0.1, -0.05) is 45.8 Å². The van der Waals surface area contributed by atoms with E-state index in [4.69, 9.17) is 19.2 Å². The number of aryl methyl sites for hydroxylation is 2. The van der Waals surface area contributed by atoms with E-state index in [0.29, 0.717) is 62.9 Å². The monoisotopic (exact) mass is 805 g/mol. The highest BCUT2D eigenvalue weighted by Crippen LogP contribution is 2.58. The standard InChI is InChI=1S/C44H59N3O9S/c1-7-34-39-32(33-22-31(54-6)15-16-35(33)45-34)17-18-43(56-39)24-36-37(48)25-44(41(51)46-57(52,53)42(5)19-20-42)23-30(44)14-12-10-8-9-11-13-29(40(50)47(36)26-43)21-38(49)55-28(4)27(2)3/h12,14-16,22,27-30,36H,7-11,13,17-21,23-26H2,1-6H3,(H,46,51)/b14-12-/t28-,29-,30-,36+,43-,44-/m1/s1. The number of amides is 2. The van der Waals surface area contributed by atoms with Crippen molar-refractivity contribution in [1.82, 2.24) is 14.6 Å². The molecule has 1 aromatic heterocycles. The normalized spacial score (nSPS) is 29.6. The van der Waals surface area contributed by atoms with Crippen LogP contribution in [-0.2, 0) is 46.8 Å². The van der Waals surface area contributed by atoms with E-state index in [1.165, 1.54) is 0 Å². The number of nitrogens with zero attached hydrogens (tertiary/aromatic N) is 2. The number of ether oxygens (including phenoxy) is 3. The molecule has 0 radical (unpaired) electrons. The van der Waals surface area contributed by atoms with Crippen LogP contribution in [0.4, 0.5) is 0 Å². The quantitative estimate of drug-likeness (QED) is 0.218. The van der Waals surface area contributed by atoms with E-state index in [1.807, 2.05) is 58.0 Å². The Morgan fingerprint density at radius 2 is 1.86 bits per heavy atom. The van der Waals surface area contributed by atoms with E-state index < -0.39 is 49.6 Å². The third kappa shape index (κ3) is 8.06. The maximum absolute atomic E-state index is 14.9. The van der Waals surface area contributed by atoms with Crippen molar-refractivity contribution in [1.29, 1.82) is 0 Å². The van der Waals surface area contributed by atoms with Crippen LogP contribution in [0, 0.1) is 23.2 Å². The van der Waals surface area contributed by atoms with Crippen LogP contribution in [-0.4, -0.2) is 78.0 Å². The molecule has 1 spiro atoms. The van der Waals surface area contributed by atoms with E-state index in [2.05, 4.69) is 4.72 Å². The SMILES string of the molecule is CCc1nc2ccc(OC)cc2c2c1O[C@]1(CC2)C[C@H]2C(=O)C[C@]3(C(=O)NS(=O)(=O)C4(C)CC4)C[C@H]3/C=C\CCCCC[C@H](CC(=O)O[C@H](C)C(C)C)C(=O)N2C1. The summed E-state index contributed by atoms with van der Waals surface area (Å²) in [5, 5.41) is 0.932.